The molecule has 0 amide bonds. The predicted octanol–water partition coefficient (Wildman–Crippen LogP) is 3.33. The van der Waals surface area contributed by atoms with Gasteiger partial charge in [0, 0.05) is 32.1 Å². The van der Waals surface area contributed by atoms with Crippen molar-refractivity contribution in [3.8, 4) is 0 Å². The standard InChI is InChI=1S/C19H25N3/c1-2-5-15-13-18-17(12-14(15)4-1)20-19-8-9-21(10-11-22(18)19)16-6-3-7-16/h12-13,16H,1-11H2. The lowest BCUT2D eigenvalue weighted by atomic mass is 9.91. The average molecular weight is 295 g/mol. The first kappa shape index (κ1) is 13.1. The molecule has 1 saturated carbocycles. The van der Waals surface area contributed by atoms with Gasteiger partial charge in [-0.1, -0.05) is 6.42 Å². The molecule has 1 fully saturated rings. The molecule has 116 valence electrons. The Morgan fingerprint density at radius 2 is 1.68 bits per heavy atom. The summed E-state index contributed by atoms with van der Waals surface area (Å²) in [6.07, 6.45) is 10.6. The summed E-state index contributed by atoms with van der Waals surface area (Å²) in [5.41, 5.74) is 5.78. The third kappa shape index (κ3) is 2.02. The molecule has 22 heavy (non-hydrogen) atoms. The Morgan fingerprint density at radius 3 is 2.45 bits per heavy atom. The molecule has 0 N–H and O–H groups in total. The van der Waals surface area contributed by atoms with Gasteiger partial charge in [0.05, 0.1) is 11.0 Å². The topological polar surface area (TPSA) is 21.1 Å². The van der Waals surface area contributed by atoms with Crippen LogP contribution in [0, 0.1) is 0 Å². The molecule has 0 atom stereocenters. The lowest BCUT2D eigenvalue weighted by Crippen LogP contribution is -2.41. The molecular formula is C19H25N3. The van der Waals surface area contributed by atoms with Crippen molar-refractivity contribution in [3.05, 3.63) is 29.1 Å². The highest BCUT2D eigenvalue weighted by atomic mass is 15.2. The van der Waals surface area contributed by atoms with E-state index in [0.29, 0.717) is 0 Å². The first-order valence-corrected chi connectivity index (χ1v) is 9.13. The second-order valence-electron chi connectivity index (χ2n) is 7.37. The quantitative estimate of drug-likeness (QED) is 0.804. The third-order valence-electron chi connectivity index (χ3n) is 6.12. The Balaban J connectivity index is 1.51. The van der Waals surface area contributed by atoms with E-state index in [4.69, 9.17) is 4.98 Å². The Bertz CT molecular complexity index is 711. The third-order valence-corrected chi connectivity index (χ3v) is 6.12. The second kappa shape index (κ2) is 5.09. The lowest BCUT2D eigenvalue weighted by molar-refractivity contribution is 0.130. The fourth-order valence-electron chi connectivity index (χ4n) is 4.55. The van der Waals surface area contributed by atoms with E-state index in [9.17, 15) is 0 Å². The van der Waals surface area contributed by atoms with Crippen molar-refractivity contribution < 1.29 is 0 Å². The summed E-state index contributed by atoms with van der Waals surface area (Å²) in [4.78, 5) is 7.71. The van der Waals surface area contributed by atoms with Gasteiger partial charge in [-0.2, -0.15) is 0 Å². The van der Waals surface area contributed by atoms with Gasteiger partial charge in [0.15, 0.2) is 0 Å². The minimum Gasteiger partial charge on any atom is -0.327 e. The lowest BCUT2D eigenvalue weighted by Gasteiger charge is -2.36. The molecule has 0 saturated heterocycles. The van der Waals surface area contributed by atoms with Gasteiger partial charge < -0.3 is 4.57 Å². The Morgan fingerprint density at radius 1 is 0.864 bits per heavy atom. The van der Waals surface area contributed by atoms with Crippen LogP contribution in [0.2, 0.25) is 0 Å². The van der Waals surface area contributed by atoms with Crippen molar-refractivity contribution >= 4 is 11.0 Å². The van der Waals surface area contributed by atoms with Gasteiger partial charge in [-0.3, -0.25) is 4.90 Å². The molecule has 1 aromatic carbocycles. The maximum atomic E-state index is 5.00. The van der Waals surface area contributed by atoms with Gasteiger partial charge in [0.1, 0.15) is 5.82 Å². The van der Waals surface area contributed by atoms with Crippen molar-refractivity contribution in [1.82, 2.24) is 14.5 Å². The Kier molecular flexibility index (Phi) is 3.04. The molecular weight excluding hydrogens is 270 g/mol. The molecule has 2 heterocycles. The molecule has 0 bridgehead atoms. The van der Waals surface area contributed by atoms with Crippen molar-refractivity contribution in [2.24, 2.45) is 0 Å². The Hall–Kier alpha value is -1.35. The molecule has 2 aliphatic carbocycles. The molecule has 3 aliphatic rings. The van der Waals surface area contributed by atoms with E-state index in [-0.39, 0.29) is 0 Å². The van der Waals surface area contributed by atoms with Crippen LogP contribution in [0.5, 0.6) is 0 Å². The van der Waals surface area contributed by atoms with Crippen molar-refractivity contribution in [1.29, 1.82) is 0 Å². The van der Waals surface area contributed by atoms with Crippen LogP contribution in [0.3, 0.4) is 0 Å². The second-order valence-corrected chi connectivity index (χ2v) is 7.37. The SMILES string of the molecule is c1c2c(cc3c1nc1n3CCN(C3CCC3)CC1)CCCC2. The molecule has 5 rings (SSSR count). The van der Waals surface area contributed by atoms with Crippen LogP contribution in [-0.2, 0) is 25.8 Å². The largest absolute Gasteiger partial charge is 0.327 e. The number of imidazole rings is 1. The summed E-state index contributed by atoms with van der Waals surface area (Å²) in [5.74, 6) is 1.32. The van der Waals surface area contributed by atoms with Crippen molar-refractivity contribution in [2.75, 3.05) is 13.1 Å². The number of aryl methyl sites for hydroxylation is 2. The van der Waals surface area contributed by atoms with Gasteiger partial charge in [0.25, 0.3) is 0 Å². The van der Waals surface area contributed by atoms with Crippen LogP contribution in [0.4, 0.5) is 0 Å². The normalized spacial score (nSPS) is 22.9. The monoisotopic (exact) mass is 295 g/mol. The van der Waals surface area contributed by atoms with Gasteiger partial charge >= 0.3 is 0 Å². The van der Waals surface area contributed by atoms with Crippen molar-refractivity contribution in [3.63, 3.8) is 0 Å². The van der Waals surface area contributed by atoms with E-state index in [1.807, 2.05) is 0 Å². The van der Waals surface area contributed by atoms with E-state index < -0.39 is 0 Å². The number of hydrogen-bond acceptors (Lipinski definition) is 2. The number of hydrogen-bond donors (Lipinski definition) is 0. The zero-order valence-electron chi connectivity index (χ0n) is 13.4. The highest BCUT2D eigenvalue weighted by Crippen LogP contribution is 2.30. The number of fused-ring (bicyclic) bond motifs is 4. The molecule has 0 radical (unpaired) electrons. The highest BCUT2D eigenvalue weighted by molar-refractivity contribution is 5.78. The maximum Gasteiger partial charge on any atom is 0.111 e. The van der Waals surface area contributed by atoms with Crippen LogP contribution in [0.15, 0.2) is 12.1 Å². The summed E-state index contributed by atoms with van der Waals surface area (Å²) < 4.78 is 2.52. The van der Waals surface area contributed by atoms with Gasteiger partial charge in [-0.15, -0.1) is 0 Å². The molecule has 0 unspecified atom stereocenters. The number of benzene rings is 1. The highest BCUT2D eigenvalue weighted by Gasteiger charge is 2.27. The van der Waals surface area contributed by atoms with Crippen LogP contribution < -0.4 is 0 Å². The van der Waals surface area contributed by atoms with E-state index in [0.717, 1.165) is 19.0 Å². The fourth-order valence-corrected chi connectivity index (χ4v) is 4.55. The number of nitrogens with zero attached hydrogens (tertiary/aromatic N) is 3. The van der Waals surface area contributed by atoms with Crippen LogP contribution in [0.1, 0.15) is 49.1 Å². The number of aromatic nitrogens is 2. The summed E-state index contributed by atoms with van der Waals surface area (Å²) >= 11 is 0. The zero-order valence-corrected chi connectivity index (χ0v) is 13.4. The molecule has 3 nitrogen and oxygen atoms in total. The molecule has 0 spiro atoms. The van der Waals surface area contributed by atoms with Gasteiger partial charge in [-0.25, -0.2) is 4.98 Å². The Labute approximate surface area is 132 Å². The minimum absolute atomic E-state index is 0.864. The van der Waals surface area contributed by atoms with Crippen LogP contribution in [0.25, 0.3) is 11.0 Å². The maximum absolute atomic E-state index is 5.00. The summed E-state index contributed by atoms with van der Waals surface area (Å²) in [7, 11) is 0. The summed E-state index contributed by atoms with van der Waals surface area (Å²) in [6, 6.07) is 5.71. The van der Waals surface area contributed by atoms with Gasteiger partial charge in [0.2, 0.25) is 0 Å². The van der Waals surface area contributed by atoms with E-state index >= 15 is 0 Å². The van der Waals surface area contributed by atoms with Crippen LogP contribution in [-0.4, -0.2) is 33.6 Å². The minimum atomic E-state index is 0.864. The molecule has 2 aromatic rings. The summed E-state index contributed by atoms with van der Waals surface area (Å²) in [6.45, 7) is 3.54. The number of rotatable bonds is 1. The zero-order chi connectivity index (χ0) is 14.5. The average Bonchev–Trinajstić information content (AvgIpc) is 2.69. The molecule has 1 aromatic heterocycles. The van der Waals surface area contributed by atoms with E-state index in [2.05, 4.69) is 21.6 Å². The van der Waals surface area contributed by atoms with Crippen LogP contribution >= 0.6 is 0 Å². The van der Waals surface area contributed by atoms with E-state index in [1.54, 1.807) is 11.1 Å². The predicted molar refractivity (Wildman–Crippen MR) is 89.3 cm³/mol. The first-order chi connectivity index (χ1) is 10.9. The van der Waals surface area contributed by atoms with Crippen molar-refractivity contribution in [2.45, 2.75) is 64.0 Å². The van der Waals surface area contributed by atoms with E-state index in [1.165, 1.54) is 74.9 Å². The fraction of sp³-hybridized carbons (Fsp3) is 0.632. The molecule has 1 aliphatic heterocycles. The smallest absolute Gasteiger partial charge is 0.111 e. The molecule has 3 heteroatoms. The van der Waals surface area contributed by atoms with Gasteiger partial charge in [-0.05, 0) is 61.8 Å². The summed E-state index contributed by atoms with van der Waals surface area (Å²) in [5, 5.41) is 0. The first-order valence-electron chi connectivity index (χ1n) is 9.13.